The van der Waals surface area contributed by atoms with E-state index in [1.807, 2.05) is 0 Å². The molecule has 2 N–H and O–H groups in total. The van der Waals surface area contributed by atoms with Crippen molar-refractivity contribution >= 4 is 51.8 Å². The molecule has 0 aromatic carbocycles. The van der Waals surface area contributed by atoms with Crippen LogP contribution in [-0.2, 0) is 0 Å². The van der Waals surface area contributed by atoms with E-state index in [-0.39, 0.29) is 5.75 Å². The summed E-state index contributed by atoms with van der Waals surface area (Å²) in [7, 11) is 0. The third kappa shape index (κ3) is 8.69. The molecule has 0 heterocycles. The lowest BCUT2D eigenvalue weighted by Crippen LogP contribution is -2.11. The van der Waals surface area contributed by atoms with Crippen molar-refractivity contribution in [2.75, 3.05) is 5.75 Å². The molecule has 0 atom stereocenters. The Kier molecular flexibility index (Phi) is 4.05. The van der Waals surface area contributed by atoms with E-state index in [1.165, 1.54) is 0 Å². The number of halogens is 3. The van der Waals surface area contributed by atoms with Crippen molar-refractivity contribution in [1.82, 2.24) is 0 Å². The Bertz CT molecular complexity index is 112. The van der Waals surface area contributed by atoms with Crippen molar-refractivity contribution in [1.29, 1.82) is 0 Å². The Labute approximate surface area is 72.0 Å². The zero-order valence-corrected chi connectivity index (χ0v) is 7.32. The van der Waals surface area contributed by atoms with Crippen LogP contribution in [0.25, 0.3) is 0 Å². The SMILES string of the molecule is NC(=O)SCC(Cl)(Cl)Cl. The van der Waals surface area contributed by atoms with Crippen LogP contribution in [0, 0.1) is 0 Å². The predicted molar refractivity (Wildman–Crippen MR) is 42.3 cm³/mol. The smallest absolute Gasteiger partial charge is 0.276 e. The molecule has 2 nitrogen and oxygen atoms in total. The molecule has 0 rings (SSSR count). The van der Waals surface area contributed by atoms with Crippen molar-refractivity contribution in [3.05, 3.63) is 0 Å². The molecule has 0 unspecified atom stereocenters. The van der Waals surface area contributed by atoms with Crippen LogP contribution < -0.4 is 5.73 Å². The van der Waals surface area contributed by atoms with Crippen LogP contribution in [-0.4, -0.2) is 14.8 Å². The topological polar surface area (TPSA) is 43.1 Å². The van der Waals surface area contributed by atoms with Crippen molar-refractivity contribution < 1.29 is 4.79 Å². The van der Waals surface area contributed by atoms with Gasteiger partial charge in [0.25, 0.3) is 5.24 Å². The summed E-state index contributed by atoms with van der Waals surface area (Å²) >= 11 is 16.6. The van der Waals surface area contributed by atoms with Gasteiger partial charge in [0.2, 0.25) is 0 Å². The molecule has 0 aromatic rings. The van der Waals surface area contributed by atoms with Crippen LogP contribution in [0.4, 0.5) is 4.79 Å². The fraction of sp³-hybridized carbons (Fsp3) is 0.667. The Morgan fingerprint density at radius 3 is 2.11 bits per heavy atom. The van der Waals surface area contributed by atoms with E-state index >= 15 is 0 Å². The Morgan fingerprint density at radius 2 is 2.00 bits per heavy atom. The molecule has 1 amide bonds. The lowest BCUT2D eigenvalue weighted by molar-refractivity contribution is 0.267. The van der Waals surface area contributed by atoms with Crippen LogP contribution in [0.15, 0.2) is 0 Å². The summed E-state index contributed by atoms with van der Waals surface area (Å²) in [4.78, 5) is 10.1. The van der Waals surface area contributed by atoms with E-state index in [4.69, 9.17) is 40.5 Å². The number of hydrogen-bond donors (Lipinski definition) is 1. The summed E-state index contributed by atoms with van der Waals surface area (Å²) in [5, 5.41) is -0.540. The molecule has 0 saturated carbocycles. The average molecular weight is 208 g/mol. The van der Waals surface area contributed by atoms with Gasteiger partial charge in [0.15, 0.2) is 3.79 Å². The van der Waals surface area contributed by atoms with Gasteiger partial charge in [-0.05, 0) is 0 Å². The molecule has 0 aliphatic rings. The number of amides is 1. The zero-order chi connectivity index (χ0) is 7.49. The van der Waals surface area contributed by atoms with Crippen molar-refractivity contribution in [2.24, 2.45) is 5.73 Å². The maximum atomic E-state index is 10.1. The number of carbonyl (C=O) groups is 1. The Balaban J connectivity index is 3.39. The van der Waals surface area contributed by atoms with Gasteiger partial charge in [0, 0.05) is 0 Å². The van der Waals surface area contributed by atoms with Gasteiger partial charge < -0.3 is 5.73 Å². The molecular formula is C3H4Cl3NOS. The zero-order valence-electron chi connectivity index (χ0n) is 4.23. The van der Waals surface area contributed by atoms with Gasteiger partial charge in [0.05, 0.1) is 5.75 Å². The molecule has 0 spiro atoms. The second kappa shape index (κ2) is 3.76. The van der Waals surface area contributed by atoms with E-state index < -0.39 is 9.03 Å². The van der Waals surface area contributed by atoms with Crippen LogP contribution in [0.1, 0.15) is 0 Å². The number of hydrogen-bond acceptors (Lipinski definition) is 2. The summed E-state index contributed by atoms with van der Waals surface area (Å²) < 4.78 is -1.39. The minimum absolute atomic E-state index is 0.0903. The van der Waals surface area contributed by atoms with E-state index in [2.05, 4.69) is 0 Å². The van der Waals surface area contributed by atoms with Gasteiger partial charge in [-0.2, -0.15) is 0 Å². The quantitative estimate of drug-likeness (QED) is 0.671. The first-order valence-corrected chi connectivity index (χ1v) is 4.03. The molecule has 0 aliphatic carbocycles. The Hall–Kier alpha value is 0.690. The van der Waals surface area contributed by atoms with Gasteiger partial charge in [-0.15, -0.1) is 0 Å². The molecule has 0 aromatic heterocycles. The van der Waals surface area contributed by atoms with E-state index in [1.54, 1.807) is 0 Å². The molecule has 0 radical (unpaired) electrons. The van der Waals surface area contributed by atoms with Crippen molar-refractivity contribution in [3.8, 4) is 0 Å². The van der Waals surface area contributed by atoms with Gasteiger partial charge in [-0.1, -0.05) is 46.6 Å². The lowest BCUT2D eigenvalue weighted by Gasteiger charge is -2.06. The number of thioether (sulfide) groups is 1. The summed E-state index contributed by atoms with van der Waals surface area (Å²) in [5.74, 6) is 0.0903. The summed E-state index contributed by atoms with van der Waals surface area (Å²) in [6.45, 7) is 0. The minimum Gasteiger partial charge on any atom is -0.361 e. The molecule has 0 saturated heterocycles. The Morgan fingerprint density at radius 1 is 1.56 bits per heavy atom. The standard InChI is InChI=1S/C3H4Cl3NOS/c4-3(5,6)1-9-2(7)8/h1H2,(H2,7,8). The summed E-state index contributed by atoms with van der Waals surface area (Å²) in [6.07, 6.45) is 0. The van der Waals surface area contributed by atoms with Gasteiger partial charge >= 0.3 is 0 Å². The first kappa shape index (κ1) is 9.69. The fourth-order valence-electron chi connectivity index (χ4n) is 0.153. The molecule has 9 heavy (non-hydrogen) atoms. The fourth-order valence-corrected chi connectivity index (χ4v) is 0.950. The number of alkyl halides is 3. The minimum atomic E-state index is -1.39. The highest BCUT2D eigenvalue weighted by atomic mass is 35.6. The average Bonchev–Trinajstić information content (AvgIpc) is 1.59. The third-order valence-electron chi connectivity index (χ3n) is 0.378. The number of carbonyl (C=O) groups excluding carboxylic acids is 1. The van der Waals surface area contributed by atoms with E-state index in [0.29, 0.717) is 0 Å². The predicted octanol–water partition coefficient (Wildman–Crippen LogP) is 2.17. The van der Waals surface area contributed by atoms with E-state index in [0.717, 1.165) is 11.8 Å². The van der Waals surface area contributed by atoms with Crippen LogP contribution in [0.3, 0.4) is 0 Å². The first-order chi connectivity index (χ1) is 3.92. The van der Waals surface area contributed by atoms with Crippen molar-refractivity contribution in [2.45, 2.75) is 3.79 Å². The lowest BCUT2D eigenvalue weighted by atomic mass is 10.9. The van der Waals surface area contributed by atoms with Crippen LogP contribution >= 0.6 is 46.6 Å². The molecule has 0 fully saturated rings. The highest BCUT2D eigenvalue weighted by Crippen LogP contribution is 2.29. The first-order valence-electron chi connectivity index (χ1n) is 1.91. The van der Waals surface area contributed by atoms with Gasteiger partial charge in [-0.25, -0.2) is 0 Å². The summed E-state index contributed by atoms with van der Waals surface area (Å²) in [5.41, 5.74) is 4.75. The van der Waals surface area contributed by atoms with Gasteiger partial charge in [-0.3, -0.25) is 4.79 Å². The molecule has 0 aliphatic heterocycles. The third-order valence-corrected chi connectivity index (χ3v) is 2.12. The molecule has 6 heteroatoms. The number of primary amides is 1. The van der Waals surface area contributed by atoms with Crippen molar-refractivity contribution in [3.63, 3.8) is 0 Å². The monoisotopic (exact) mass is 207 g/mol. The largest absolute Gasteiger partial charge is 0.361 e. The highest BCUT2D eigenvalue weighted by molar-refractivity contribution is 8.13. The number of rotatable bonds is 1. The van der Waals surface area contributed by atoms with Gasteiger partial charge in [0.1, 0.15) is 0 Å². The normalized spacial score (nSPS) is 11.4. The molecular weight excluding hydrogens is 204 g/mol. The highest BCUT2D eigenvalue weighted by Gasteiger charge is 2.20. The second-order valence-electron chi connectivity index (χ2n) is 1.22. The molecule has 54 valence electrons. The maximum Gasteiger partial charge on any atom is 0.276 e. The van der Waals surface area contributed by atoms with Crippen LogP contribution in [0.2, 0.25) is 0 Å². The second-order valence-corrected chi connectivity index (χ2v) is 4.72. The van der Waals surface area contributed by atoms with E-state index in [9.17, 15) is 4.79 Å². The van der Waals surface area contributed by atoms with Crippen LogP contribution in [0.5, 0.6) is 0 Å². The molecule has 0 bridgehead atoms. The number of nitrogens with two attached hydrogens (primary N) is 1. The maximum absolute atomic E-state index is 10.1. The summed E-state index contributed by atoms with van der Waals surface area (Å²) in [6, 6.07) is 0.